The third kappa shape index (κ3) is 3.96. The summed E-state index contributed by atoms with van der Waals surface area (Å²) in [6.07, 6.45) is 1.59. The van der Waals surface area contributed by atoms with Crippen LogP contribution in [0.1, 0.15) is 29.9 Å². The molecular weight excluding hydrogens is 270 g/mol. The predicted octanol–water partition coefficient (Wildman–Crippen LogP) is 0.428. The summed E-state index contributed by atoms with van der Waals surface area (Å²) in [5, 5.41) is 10.0. The van der Waals surface area contributed by atoms with Crippen LogP contribution < -0.4 is 11.1 Å². The summed E-state index contributed by atoms with van der Waals surface area (Å²) in [7, 11) is 0. The number of carbonyl (C=O) groups is 2. The predicted molar refractivity (Wildman–Crippen MR) is 76.2 cm³/mol. The van der Waals surface area contributed by atoms with Crippen LogP contribution in [0.15, 0.2) is 36.5 Å². The van der Waals surface area contributed by atoms with Gasteiger partial charge in [0, 0.05) is 5.56 Å². The second-order valence-corrected chi connectivity index (χ2v) is 5.27. The van der Waals surface area contributed by atoms with Gasteiger partial charge in [-0.15, -0.1) is 5.10 Å². The minimum absolute atomic E-state index is 0.0956. The summed E-state index contributed by atoms with van der Waals surface area (Å²) in [5.74, 6) is -0.907. The Bertz CT molecular complexity index is 643. The Labute approximate surface area is 122 Å². The molecule has 2 amide bonds. The van der Waals surface area contributed by atoms with Gasteiger partial charge in [-0.05, 0) is 26.0 Å². The van der Waals surface area contributed by atoms with Crippen molar-refractivity contribution in [3.63, 3.8) is 0 Å². The lowest BCUT2D eigenvalue weighted by Gasteiger charge is -2.13. The Morgan fingerprint density at radius 3 is 2.52 bits per heavy atom. The molecule has 0 spiro atoms. The molecule has 1 heterocycles. The van der Waals surface area contributed by atoms with Gasteiger partial charge in [0.25, 0.3) is 5.91 Å². The zero-order valence-corrected chi connectivity index (χ0v) is 11.9. The molecule has 0 saturated carbocycles. The maximum Gasteiger partial charge on any atom is 0.257 e. The fourth-order valence-corrected chi connectivity index (χ4v) is 1.65. The summed E-state index contributed by atoms with van der Waals surface area (Å²) in [6, 6.07) is 8.52. The Balaban J connectivity index is 1.96. The molecule has 0 fully saturated rings. The van der Waals surface area contributed by atoms with E-state index in [9.17, 15) is 9.59 Å². The highest BCUT2D eigenvalue weighted by Crippen LogP contribution is 2.12. The second-order valence-electron chi connectivity index (χ2n) is 5.27. The molecule has 0 bridgehead atoms. The van der Waals surface area contributed by atoms with E-state index in [0.29, 0.717) is 11.3 Å². The van der Waals surface area contributed by atoms with E-state index < -0.39 is 17.4 Å². The number of imide groups is 1. The van der Waals surface area contributed by atoms with Gasteiger partial charge in [0.05, 0.1) is 11.7 Å². The van der Waals surface area contributed by atoms with Crippen LogP contribution in [0.2, 0.25) is 0 Å². The van der Waals surface area contributed by atoms with Crippen molar-refractivity contribution in [3.05, 3.63) is 47.8 Å². The van der Waals surface area contributed by atoms with Gasteiger partial charge in [-0.1, -0.05) is 23.4 Å². The normalized spacial score (nSPS) is 11.2. The lowest BCUT2D eigenvalue weighted by atomic mass is 10.0. The summed E-state index contributed by atoms with van der Waals surface area (Å²) in [6.45, 7) is 3.49. The van der Waals surface area contributed by atoms with Gasteiger partial charge >= 0.3 is 0 Å². The number of amides is 2. The molecule has 0 aliphatic heterocycles. The molecule has 1 aromatic carbocycles. The van der Waals surface area contributed by atoms with Crippen LogP contribution >= 0.6 is 0 Å². The molecule has 0 unspecified atom stereocenters. The number of aromatic nitrogens is 3. The molecule has 2 aromatic rings. The van der Waals surface area contributed by atoms with Gasteiger partial charge in [0.1, 0.15) is 12.2 Å². The van der Waals surface area contributed by atoms with Crippen molar-refractivity contribution in [2.24, 2.45) is 5.73 Å². The second kappa shape index (κ2) is 5.84. The molecule has 110 valence electrons. The molecule has 0 saturated heterocycles. The first kappa shape index (κ1) is 14.9. The van der Waals surface area contributed by atoms with E-state index in [1.54, 1.807) is 50.4 Å². The average molecular weight is 287 g/mol. The van der Waals surface area contributed by atoms with Gasteiger partial charge in [-0.25, -0.2) is 4.68 Å². The fourth-order valence-electron chi connectivity index (χ4n) is 1.65. The third-order valence-electron chi connectivity index (χ3n) is 2.79. The molecule has 7 heteroatoms. The first-order valence-electron chi connectivity index (χ1n) is 6.45. The molecule has 21 heavy (non-hydrogen) atoms. The Kier molecular flexibility index (Phi) is 4.13. The number of nitrogens with zero attached hydrogens (tertiary/aromatic N) is 3. The van der Waals surface area contributed by atoms with Crippen LogP contribution in [-0.2, 0) is 16.9 Å². The Morgan fingerprint density at radius 2 is 1.95 bits per heavy atom. The number of rotatable bonds is 4. The van der Waals surface area contributed by atoms with Crippen LogP contribution in [0.3, 0.4) is 0 Å². The monoisotopic (exact) mass is 287 g/mol. The molecule has 0 aliphatic rings. The minimum Gasteiger partial charge on any atom is -0.320 e. The van der Waals surface area contributed by atoms with Crippen LogP contribution in [-0.4, -0.2) is 26.8 Å². The van der Waals surface area contributed by atoms with Gasteiger partial charge < -0.3 is 5.73 Å². The van der Waals surface area contributed by atoms with Crippen LogP contribution in [0.5, 0.6) is 0 Å². The van der Waals surface area contributed by atoms with E-state index in [1.165, 1.54) is 4.68 Å². The van der Waals surface area contributed by atoms with Gasteiger partial charge in [-0.2, -0.15) is 0 Å². The van der Waals surface area contributed by atoms with Crippen molar-refractivity contribution < 1.29 is 9.59 Å². The van der Waals surface area contributed by atoms with Crippen LogP contribution in [0.25, 0.3) is 0 Å². The SMILES string of the molecule is CC(C)(N)c1cn(CC(=O)NC(=O)c2ccccc2)nn1. The number of nitrogens with one attached hydrogen (secondary N) is 1. The van der Waals surface area contributed by atoms with E-state index in [1.807, 2.05) is 0 Å². The molecular formula is C14H17N5O2. The molecule has 2 rings (SSSR count). The Hall–Kier alpha value is -2.54. The molecule has 0 aliphatic carbocycles. The van der Waals surface area contributed by atoms with Crippen molar-refractivity contribution in [2.45, 2.75) is 25.9 Å². The lowest BCUT2D eigenvalue weighted by molar-refractivity contribution is -0.120. The lowest BCUT2D eigenvalue weighted by Crippen LogP contribution is -2.33. The van der Waals surface area contributed by atoms with Crippen molar-refractivity contribution in [2.75, 3.05) is 0 Å². The van der Waals surface area contributed by atoms with Gasteiger partial charge in [-0.3, -0.25) is 14.9 Å². The standard InChI is InChI=1S/C14H17N5O2/c1-14(2,15)11-8-19(18-17-11)9-12(20)16-13(21)10-6-4-3-5-7-10/h3-8H,9,15H2,1-2H3,(H,16,20,21). The molecule has 1 aromatic heterocycles. The summed E-state index contributed by atoms with van der Waals surface area (Å²) < 4.78 is 1.34. The van der Waals surface area contributed by atoms with Crippen LogP contribution in [0, 0.1) is 0 Å². The fraction of sp³-hybridized carbons (Fsp3) is 0.286. The topological polar surface area (TPSA) is 103 Å². The smallest absolute Gasteiger partial charge is 0.257 e. The third-order valence-corrected chi connectivity index (χ3v) is 2.79. The zero-order valence-electron chi connectivity index (χ0n) is 11.9. The summed E-state index contributed by atoms with van der Waals surface area (Å²) in [4.78, 5) is 23.6. The van der Waals surface area contributed by atoms with Gasteiger partial charge in [0.2, 0.25) is 5.91 Å². The van der Waals surface area contributed by atoms with Crippen molar-refractivity contribution in [3.8, 4) is 0 Å². The van der Waals surface area contributed by atoms with E-state index in [4.69, 9.17) is 5.73 Å². The molecule has 7 nitrogen and oxygen atoms in total. The van der Waals surface area contributed by atoms with Crippen molar-refractivity contribution >= 4 is 11.8 Å². The van der Waals surface area contributed by atoms with Gasteiger partial charge in [0.15, 0.2) is 0 Å². The highest BCUT2D eigenvalue weighted by molar-refractivity contribution is 6.04. The van der Waals surface area contributed by atoms with Crippen LogP contribution in [0.4, 0.5) is 0 Å². The summed E-state index contributed by atoms with van der Waals surface area (Å²) in [5.41, 5.74) is 6.25. The molecule has 3 N–H and O–H groups in total. The number of carbonyl (C=O) groups excluding carboxylic acids is 2. The van der Waals surface area contributed by atoms with E-state index in [-0.39, 0.29) is 6.54 Å². The van der Waals surface area contributed by atoms with E-state index in [2.05, 4.69) is 15.6 Å². The summed E-state index contributed by atoms with van der Waals surface area (Å²) >= 11 is 0. The molecule has 0 atom stereocenters. The molecule has 0 radical (unpaired) electrons. The largest absolute Gasteiger partial charge is 0.320 e. The quantitative estimate of drug-likeness (QED) is 0.848. The number of hydrogen-bond acceptors (Lipinski definition) is 5. The number of hydrogen-bond donors (Lipinski definition) is 2. The first-order valence-corrected chi connectivity index (χ1v) is 6.45. The zero-order chi connectivity index (χ0) is 15.5. The van der Waals surface area contributed by atoms with Crippen molar-refractivity contribution in [1.82, 2.24) is 20.3 Å². The Morgan fingerprint density at radius 1 is 1.29 bits per heavy atom. The van der Waals surface area contributed by atoms with E-state index >= 15 is 0 Å². The number of benzene rings is 1. The van der Waals surface area contributed by atoms with E-state index in [0.717, 1.165) is 0 Å². The minimum atomic E-state index is -0.630. The highest BCUT2D eigenvalue weighted by atomic mass is 16.2. The number of nitrogens with two attached hydrogens (primary N) is 1. The maximum atomic E-state index is 11.8. The first-order chi connectivity index (χ1) is 9.86. The average Bonchev–Trinajstić information content (AvgIpc) is 2.88. The maximum absolute atomic E-state index is 11.8. The van der Waals surface area contributed by atoms with Crippen molar-refractivity contribution in [1.29, 1.82) is 0 Å². The highest BCUT2D eigenvalue weighted by Gasteiger charge is 2.19.